The molecule has 3 heterocycles. The zero-order valence-corrected chi connectivity index (χ0v) is 15.1. The van der Waals surface area contributed by atoms with Crippen LogP contribution in [0.5, 0.6) is 0 Å². The van der Waals surface area contributed by atoms with Crippen LogP contribution in [-0.2, 0) is 12.0 Å². The van der Waals surface area contributed by atoms with Gasteiger partial charge in [-0.1, -0.05) is 26.8 Å². The molecule has 124 valence electrons. The first kappa shape index (κ1) is 16.4. The van der Waals surface area contributed by atoms with Crippen molar-refractivity contribution in [1.29, 1.82) is 0 Å². The van der Waals surface area contributed by atoms with Crippen molar-refractivity contribution in [2.75, 3.05) is 18.0 Å². The third kappa shape index (κ3) is 4.30. The summed E-state index contributed by atoms with van der Waals surface area (Å²) in [7, 11) is 0. The van der Waals surface area contributed by atoms with Gasteiger partial charge in [0, 0.05) is 48.4 Å². The van der Waals surface area contributed by atoms with Crippen LogP contribution in [0.3, 0.4) is 0 Å². The number of thiazole rings is 1. The highest BCUT2D eigenvalue weighted by Gasteiger charge is 2.21. The minimum Gasteiger partial charge on any atom is -0.357 e. The maximum absolute atomic E-state index is 4.56. The van der Waals surface area contributed by atoms with Crippen molar-refractivity contribution in [3.05, 3.63) is 40.5 Å². The molecular weight excluding hydrogens is 304 g/mol. The van der Waals surface area contributed by atoms with Gasteiger partial charge < -0.3 is 10.2 Å². The van der Waals surface area contributed by atoms with Gasteiger partial charge in [0.05, 0.1) is 5.01 Å². The van der Waals surface area contributed by atoms with Gasteiger partial charge in [0.15, 0.2) is 0 Å². The lowest BCUT2D eigenvalue weighted by Crippen LogP contribution is -2.42. The Balaban J connectivity index is 1.47. The van der Waals surface area contributed by atoms with Gasteiger partial charge in [0.1, 0.15) is 5.82 Å². The first-order valence-electron chi connectivity index (χ1n) is 8.37. The van der Waals surface area contributed by atoms with Crippen molar-refractivity contribution in [2.24, 2.45) is 0 Å². The smallest absolute Gasteiger partial charge is 0.128 e. The lowest BCUT2D eigenvalue weighted by Gasteiger charge is -2.33. The average Bonchev–Trinajstić information content (AvgIpc) is 3.04. The van der Waals surface area contributed by atoms with E-state index in [0.717, 1.165) is 25.5 Å². The number of anilines is 1. The first-order valence-corrected chi connectivity index (χ1v) is 9.18. The van der Waals surface area contributed by atoms with Gasteiger partial charge in [0.25, 0.3) is 0 Å². The van der Waals surface area contributed by atoms with E-state index in [1.807, 2.05) is 29.8 Å². The second-order valence-electron chi connectivity index (χ2n) is 7.21. The molecule has 1 aliphatic heterocycles. The Morgan fingerprint density at radius 3 is 2.61 bits per heavy atom. The van der Waals surface area contributed by atoms with Crippen LogP contribution in [-0.4, -0.2) is 29.1 Å². The lowest BCUT2D eigenvalue weighted by atomic mass is 9.98. The minimum absolute atomic E-state index is 0.150. The molecule has 0 amide bonds. The Kier molecular flexibility index (Phi) is 4.97. The molecule has 1 saturated heterocycles. The highest BCUT2D eigenvalue weighted by Crippen LogP contribution is 2.27. The number of piperidine rings is 1. The average molecular weight is 331 g/mol. The van der Waals surface area contributed by atoms with Crippen molar-refractivity contribution in [3.63, 3.8) is 0 Å². The van der Waals surface area contributed by atoms with E-state index in [4.69, 9.17) is 0 Å². The number of rotatable bonds is 4. The topological polar surface area (TPSA) is 41.1 Å². The number of hydrogen-bond acceptors (Lipinski definition) is 5. The highest BCUT2D eigenvalue weighted by atomic mass is 32.1. The van der Waals surface area contributed by atoms with Crippen molar-refractivity contribution >= 4 is 17.2 Å². The van der Waals surface area contributed by atoms with Gasteiger partial charge >= 0.3 is 0 Å². The quantitative estimate of drug-likeness (QED) is 0.930. The third-order valence-corrected chi connectivity index (χ3v) is 5.65. The molecule has 1 N–H and O–H groups in total. The van der Waals surface area contributed by atoms with E-state index in [1.165, 1.54) is 22.7 Å². The van der Waals surface area contributed by atoms with E-state index in [2.05, 4.69) is 53.1 Å². The predicted molar refractivity (Wildman–Crippen MR) is 97.1 cm³/mol. The van der Waals surface area contributed by atoms with E-state index in [9.17, 15) is 0 Å². The van der Waals surface area contributed by atoms with Gasteiger partial charge in [-0.2, -0.15) is 0 Å². The Morgan fingerprint density at radius 1 is 1.22 bits per heavy atom. The summed E-state index contributed by atoms with van der Waals surface area (Å²) in [4.78, 5) is 12.7. The molecule has 0 saturated carbocycles. The summed E-state index contributed by atoms with van der Waals surface area (Å²) >= 11 is 1.83. The van der Waals surface area contributed by atoms with Crippen LogP contribution in [0.1, 0.15) is 43.5 Å². The SMILES string of the molecule is CC(C)(C)c1ncc(CNC2CCN(c3ccccn3)CC2)s1. The summed E-state index contributed by atoms with van der Waals surface area (Å²) in [5.74, 6) is 1.10. The highest BCUT2D eigenvalue weighted by molar-refractivity contribution is 7.11. The summed E-state index contributed by atoms with van der Waals surface area (Å²) in [6, 6.07) is 6.72. The number of aromatic nitrogens is 2. The molecule has 2 aromatic heterocycles. The van der Waals surface area contributed by atoms with Gasteiger partial charge in [-0.05, 0) is 25.0 Å². The largest absolute Gasteiger partial charge is 0.357 e. The molecule has 0 atom stereocenters. The van der Waals surface area contributed by atoms with E-state index in [-0.39, 0.29) is 5.41 Å². The van der Waals surface area contributed by atoms with E-state index >= 15 is 0 Å². The van der Waals surface area contributed by atoms with Crippen molar-refractivity contribution < 1.29 is 0 Å². The molecule has 0 aliphatic carbocycles. The van der Waals surface area contributed by atoms with E-state index < -0.39 is 0 Å². The van der Waals surface area contributed by atoms with Crippen LogP contribution in [0.15, 0.2) is 30.6 Å². The number of nitrogens with one attached hydrogen (secondary N) is 1. The van der Waals surface area contributed by atoms with Gasteiger partial charge in [0.2, 0.25) is 0 Å². The van der Waals surface area contributed by atoms with Crippen LogP contribution in [0.2, 0.25) is 0 Å². The van der Waals surface area contributed by atoms with Gasteiger partial charge in [-0.15, -0.1) is 11.3 Å². The number of hydrogen-bond donors (Lipinski definition) is 1. The first-order chi connectivity index (χ1) is 11.0. The van der Waals surface area contributed by atoms with Crippen molar-refractivity contribution in [2.45, 2.75) is 51.6 Å². The number of nitrogens with zero attached hydrogens (tertiary/aromatic N) is 3. The normalized spacial score (nSPS) is 16.7. The monoisotopic (exact) mass is 330 g/mol. The fraction of sp³-hybridized carbons (Fsp3) is 0.556. The molecule has 0 unspecified atom stereocenters. The molecular formula is C18H26N4S. The Hall–Kier alpha value is -1.46. The summed E-state index contributed by atoms with van der Waals surface area (Å²) < 4.78 is 0. The van der Waals surface area contributed by atoms with Crippen molar-refractivity contribution in [1.82, 2.24) is 15.3 Å². The molecule has 0 aromatic carbocycles. The minimum atomic E-state index is 0.150. The molecule has 0 radical (unpaired) electrons. The molecule has 0 spiro atoms. The van der Waals surface area contributed by atoms with Crippen LogP contribution in [0.25, 0.3) is 0 Å². The molecule has 1 aliphatic rings. The maximum atomic E-state index is 4.56. The molecule has 2 aromatic rings. The fourth-order valence-electron chi connectivity index (χ4n) is 2.83. The fourth-order valence-corrected chi connectivity index (χ4v) is 3.76. The molecule has 4 nitrogen and oxygen atoms in total. The van der Waals surface area contributed by atoms with Crippen LogP contribution in [0, 0.1) is 0 Å². The summed E-state index contributed by atoms with van der Waals surface area (Å²) in [5.41, 5.74) is 0.150. The van der Waals surface area contributed by atoms with E-state index in [1.54, 1.807) is 0 Å². The third-order valence-electron chi connectivity index (χ3n) is 4.23. The zero-order valence-electron chi connectivity index (χ0n) is 14.2. The van der Waals surface area contributed by atoms with Crippen LogP contribution >= 0.6 is 11.3 Å². The Morgan fingerprint density at radius 2 is 2.00 bits per heavy atom. The van der Waals surface area contributed by atoms with Gasteiger partial charge in [-0.3, -0.25) is 0 Å². The summed E-state index contributed by atoms with van der Waals surface area (Å²) in [6.45, 7) is 9.74. The molecule has 1 fully saturated rings. The maximum Gasteiger partial charge on any atom is 0.128 e. The van der Waals surface area contributed by atoms with E-state index in [0.29, 0.717) is 6.04 Å². The van der Waals surface area contributed by atoms with Crippen LogP contribution in [0.4, 0.5) is 5.82 Å². The predicted octanol–water partition coefficient (Wildman–Crippen LogP) is 3.59. The lowest BCUT2D eigenvalue weighted by molar-refractivity contribution is 0.414. The molecule has 3 rings (SSSR count). The standard InChI is InChI=1S/C18H26N4S/c1-18(2,3)17-21-13-15(23-17)12-20-14-7-10-22(11-8-14)16-6-4-5-9-19-16/h4-6,9,13-14,20H,7-8,10-12H2,1-3H3. The molecule has 5 heteroatoms. The number of pyridine rings is 1. The van der Waals surface area contributed by atoms with Crippen LogP contribution < -0.4 is 10.2 Å². The molecule has 0 bridgehead atoms. The zero-order chi connectivity index (χ0) is 16.3. The second kappa shape index (κ2) is 6.97. The Bertz CT molecular complexity index is 609. The van der Waals surface area contributed by atoms with Crippen molar-refractivity contribution in [3.8, 4) is 0 Å². The summed E-state index contributed by atoms with van der Waals surface area (Å²) in [6.07, 6.45) is 6.24. The summed E-state index contributed by atoms with van der Waals surface area (Å²) in [5, 5.41) is 4.92. The second-order valence-corrected chi connectivity index (χ2v) is 8.33. The molecule has 23 heavy (non-hydrogen) atoms. The Labute approximate surface area is 143 Å². The van der Waals surface area contributed by atoms with Gasteiger partial charge in [-0.25, -0.2) is 9.97 Å².